The monoisotopic (exact) mass is 265 g/mol. The van der Waals surface area contributed by atoms with Gasteiger partial charge in [-0.15, -0.1) is 0 Å². The number of likely N-dealkylation sites (N-methyl/N-ethyl adjacent to an activating group) is 1. The Hall–Kier alpha value is -1.71. The van der Waals surface area contributed by atoms with Crippen molar-refractivity contribution in [2.45, 2.75) is 32.8 Å². The van der Waals surface area contributed by atoms with Crippen LogP contribution in [-0.2, 0) is 11.2 Å². The number of ether oxygens (including phenoxy) is 2. The van der Waals surface area contributed by atoms with E-state index in [0.717, 1.165) is 17.7 Å². The van der Waals surface area contributed by atoms with Crippen molar-refractivity contribution in [3.8, 4) is 5.75 Å². The van der Waals surface area contributed by atoms with Gasteiger partial charge in [0.05, 0.1) is 7.11 Å². The van der Waals surface area contributed by atoms with Crippen LogP contribution >= 0.6 is 0 Å². The minimum atomic E-state index is -0.453. The zero-order valence-electron chi connectivity index (χ0n) is 12.4. The second kappa shape index (κ2) is 6.45. The second-order valence-corrected chi connectivity index (χ2v) is 5.50. The van der Waals surface area contributed by atoms with E-state index in [-0.39, 0.29) is 6.09 Å². The van der Waals surface area contributed by atoms with E-state index in [2.05, 4.69) is 0 Å². The Morgan fingerprint density at radius 3 is 2.26 bits per heavy atom. The SMILES string of the molecule is COc1ccc(CCN(C)C(=O)OC(C)(C)C)cc1. The summed E-state index contributed by atoms with van der Waals surface area (Å²) in [6, 6.07) is 7.84. The molecule has 4 heteroatoms. The zero-order chi connectivity index (χ0) is 14.5. The average molecular weight is 265 g/mol. The third-order valence-electron chi connectivity index (χ3n) is 2.60. The fourth-order valence-electron chi connectivity index (χ4n) is 1.52. The molecule has 0 spiro atoms. The predicted molar refractivity (Wildman–Crippen MR) is 75.6 cm³/mol. The molecule has 0 aliphatic heterocycles. The molecule has 0 saturated carbocycles. The lowest BCUT2D eigenvalue weighted by Crippen LogP contribution is -2.35. The van der Waals surface area contributed by atoms with Crippen LogP contribution in [-0.4, -0.2) is 37.3 Å². The van der Waals surface area contributed by atoms with Gasteiger partial charge in [0.1, 0.15) is 11.4 Å². The van der Waals surface area contributed by atoms with E-state index < -0.39 is 5.60 Å². The third kappa shape index (κ3) is 5.64. The Morgan fingerprint density at radius 1 is 1.21 bits per heavy atom. The third-order valence-corrected chi connectivity index (χ3v) is 2.60. The summed E-state index contributed by atoms with van der Waals surface area (Å²) in [5.41, 5.74) is 0.710. The van der Waals surface area contributed by atoms with Crippen molar-refractivity contribution in [2.75, 3.05) is 20.7 Å². The summed E-state index contributed by atoms with van der Waals surface area (Å²) in [5, 5.41) is 0. The molecular formula is C15H23NO3. The number of hydrogen-bond donors (Lipinski definition) is 0. The first-order valence-electron chi connectivity index (χ1n) is 6.39. The van der Waals surface area contributed by atoms with Crippen LogP contribution in [0.4, 0.5) is 4.79 Å². The summed E-state index contributed by atoms with van der Waals surface area (Å²) in [4.78, 5) is 13.4. The van der Waals surface area contributed by atoms with Crippen molar-refractivity contribution in [3.63, 3.8) is 0 Å². The number of carbonyl (C=O) groups excluding carboxylic acids is 1. The number of rotatable bonds is 4. The van der Waals surface area contributed by atoms with Crippen molar-refractivity contribution in [1.82, 2.24) is 4.90 Å². The highest BCUT2D eigenvalue weighted by molar-refractivity contribution is 5.67. The molecule has 1 rings (SSSR count). The molecule has 0 unspecified atom stereocenters. The van der Waals surface area contributed by atoms with Crippen LogP contribution in [0.25, 0.3) is 0 Å². The average Bonchev–Trinajstić information content (AvgIpc) is 2.34. The maximum Gasteiger partial charge on any atom is 0.410 e. The molecule has 1 amide bonds. The summed E-state index contributed by atoms with van der Waals surface area (Å²) >= 11 is 0. The maximum atomic E-state index is 11.8. The fourth-order valence-corrected chi connectivity index (χ4v) is 1.52. The van der Waals surface area contributed by atoms with Crippen LogP contribution in [0.5, 0.6) is 5.75 Å². The molecule has 106 valence electrons. The van der Waals surface area contributed by atoms with Gasteiger partial charge in [0.2, 0.25) is 0 Å². The van der Waals surface area contributed by atoms with Gasteiger partial charge in [0.25, 0.3) is 0 Å². The van der Waals surface area contributed by atoms with Gasteiger partial charge in [-0.2, -0.15) is 0 Å². The largest absolute Gasteiger partial charge is 0.497 e. The van der Waals surface area contributed by atoms with Gasteiger partial charge in [0.15, 0.2) is 0 Å². The molecule has 0 radical (unpaired) electrons. The molecule has 0 aromatic heterocycles. The molecule has 1 aromatic rings. The lowest BCUT2D eigenvalue weighted by atomic mass is 10.1. The highest BCUT2D eigenvalue weighted by Crippen LogP contribution is 2.13. The molecule has 0 bridgehead atoms. The quantitative estimate of drug-likeness (QED) is 0.839. The molecule has 0 atom stereocenters. The summed E-state index contributed by atoms with van der Waals surface area (Å²) in [6.45, 7) is 6.22. The lowest BCUT2D eigenvalue weighted by molar-refractivity contribution is 0.0301. The standard InChI is InChI=1S/C15H23NO3/c1-15(2,3)19-14(17)16(4)11-10-12-6-8-13(18-5)9-7-12/h6-9H,10-11H2,1-5H3. The van der Waals surface area contributed by atoms with E-state index in [1.54, 1.807) is 19.1 Å². The van der Waals surface area contributed by atoms with Crippen LogP contribution in [0.3, 0.4) is 0 Å². The first kappa shape index (κ1) is 15.3. The van der Waals surface area contributed by atoms with E-state index in [4.69, 9.17) is 9.47 Å². The van der Waals surface area contributed by atoms with Gasteiger partial charge in [-0.05, 0) is 44.9 Å². The number of amides is 1. The normalized spacial score (nSPS) is 11.0. The molecule has 0 aliphatic carbocycles. The van der Waals surface area contributed by atoms with E-state index >= 15 is 0 Å². The number of benzene rings is 1. The van der Waals surface area contributed by atoms with Gasteiger partial charge in [0, 0.05) is 13.6 Å². The van der Waals surface area contributed by atoms with Gasteiger partial charge in [-0.3, -0.25) is 0 Å². The summed E-state index contributed by atoms with van der Waals surface area (Å²) in [6.07, 6.45) is 0.501. The topological polar surface area (TPSA) is 38.8 Å². The number of nitrogens with zero attached hydrogens (tertiary/aromatic N) is 1. The first-order valence-corrected chi connectivity index (χ1v) is 6.39. The number of hydrogen-bond acceptors (Lipinski definition) is 3. The van der Waals surface area contributed by atoms with E-state index in [0.29, 0.717) is 6.54 Å². The fraction of sp³-hybridized carbons (Fsp3) is 0.533. The second-order valence-electron chi connectivity index (χ2n) is 5.50. The van der Waals surface area contributed by atoms with Crippen LogP contribution < -0.4 is 4.74 Å². The molecule has 0 saturated heterocycles. The van der Waals surface area contributed by atoms with E-state index in [9.17, 15) is 4.79 Å². The summed E-state index contributed by atoms with van der Waals surface area (Å²) < 4.78 is 10.4. The number of methoxy groups -OCH3 is 1. The molecule has 0 heterocycles. The Balaban J connectivity index is 2.44. The van der Waals surface area contributed by atoms with E-state index in [1.165, 1.54) is 0 Å². The molecule has 0 fully saturated rings. The zero-order valence-corrected chi connectivity index (χ0v) is 12.4. The van der Waals surface area contributed by atoms with Crippen molar-refractivity contribution in [1.29, 1.82) is 0 Å². The Labute approximate surface area is 115 Å². The van der Waals surface area contributed by atoms with Crippen molar-refractivity contribution < 1.29 is 14.3 Å². The highest BCUT2D eigenvalue weighted by Gasteiger charge is 2.19. The van der Waals surface area contributed by atoms with Gasteiger partial charge >= 0.3 is 6.09 Å². The Morgan fingerprint density at radius 2 is 1.79 bits per heavy atom. The van der Waals surface area contributed by atoms with Crippen LogP contribution in [0.2, 0.25) is 0 Å². The van der Waals surface area contributed by atoms with Crippen molar-refractivity contribution in [3.05, 3.63) is 29.8 Å². The Bertz CT molecular complexity index is 406. The van der Waals surface area contributed by atoms with Gasteiger partial charge < -0.3 is 14.4 Å². The van der Waals surface area contributed by atoms with E-state index in [1.807, 2.05) is 45.0 Å². The molecule has 0 aliphatic rings. The lowest BCUT2D eigenvalue weighted by Gasteiger charge is -2.24. The smallest absolute Gasteiger partial charge is 0.410 e. The van der Waals surface area contributed by atoms with Crippen LogP contribution in [0, 0.1) is 0 Å². The minimum Gasteiger partial charge on any atom is -0.497 e. The van der Waals surface area contributed by atoms with Crippen LogP contribution in [0.15, 0.2) is 24.3 Å². The maximum absolute atomic E-state index is 11.8. The molecule has 19 heavy (non-hydrogen) atoms. The molecular weight excluding hydrogens is 242 g/mol. The molecule has 1 aromatic carbocycles. The predicted octanol–water partition coefficient (Wildman–Crippen LogP) is 3.10. The summed E-state index contributed by atoms with van der Waals surface area (Å²) in [5.74, 6) is 0.837. The summed E-state index contributed by atoms with van der Waals surface area (Å²) in [7, 11) is 3.39. The van der Waals surface area contributed by atoms with Crippen molar-refractivity contribution in [2.24, 2.45) is 0 Å². The van der Waals surface area contributed by atoms with Gasteiger partial charge in [-0.1, -0.05) is 12.1 Å². The Kier molecular flexibility index (Phi) is 5.21. The van der Waals surface area contributed by atoms with Crippen LogP contribution in [0.1, 0.15) is 26.3 Å². The first-order chi connectivity index (χ1) is 8.81. The van der Waals surface area contributed by atoms with Gasteiger partial charge in [-0.25, -0.2) is 4.79 Å². The molecule has 0 N–H and O–H groups in total. The highest BCUT2D eigenvalue weighted by atomic mass is 16.6. The van der Waals surface area contributed by atoms with Crippen molar-refractivity contribution >= 4 is 6.09 Å². The number of carbonyl (C=O) groups is 1. The molecule has 4 nitrogen and oxygen atoms in total. The minimum absolute atomic E-state index is 0.291.